The van der Waals surface area contributed by atoms with Gasteiger partial charge in [0.25, 0.3) is 0 Å². The van der Waals surface area contributed by atoms with Crippen LogP contribution < -0.4 is 9.80 Å². The molecule has 17 heavy (non-hydrogen) atoms. The minimum atomic E-state index is 1.20. The summed E-state index contributed by atoms with van der Waals surface area (Å²) in [6.45, 7) is 4.89. The molecule has 92 valence electrons. The number of nitrogens with zero attached hydrogens (tertiary/aromatic N) is 2. The number of halogens is 1. The maximum absolute atomic E-state index is 3.61. The molecule has 0 radical (unpaired) electrons. The van der Waals surface area contributed by atoms with E-state index in [-0.39, 0.29) is 0 Å². The zero-order valence-corrected chi connectivity index (χ0v) is 11.7. The van der Waals surface area contributed by atoms with Crippen LogP contribution in [0.25, 0.3) is 0 Å². The highest BCUT2D eigenvalue weighted by atomic mass is 79.9. The fraction of sp³-hybridized carbons (Fsp3) is 0.571. The molecule has 3 heteroatoms. The summed E-state index contributed by atoms with van der Waals surface area (Å²) in [5.74, 6) is 0. The van der Waals surface area contributed by atoms with Crippen molar-refractivity contribution in [3.63, 3.8) is 0 Å². The predicted molar refractivity (Wildman–Crippen MR) is 77.0 cm³/mol. The van der Waals surface area contributed by atoms with Crippen molar-refractivity contribution in [2.24, 2.45) is 0 Å². The molecule has 2 fully saturated rings. The average Bonchev–Trinajstić information content (AvgIpc) is 3.02. The van der Waals surface area contributed by atoms with Gasteiger partial charge in [0.15, 0.2) is 0 Å². The second kappa shape index (κ2) is 4.89. The fourth-order valence-electron chi connectivity index (χ4n) is 2.93. The van der Waals surface area contributed by atoms with Crippen molar-refractivity contribution in [2.45, 2.75) is 25.7 Å². The Morgan fingerprint density at radius 3 is 1.88 bits per heavy atom. The lowest BCUT2D eigenvalue weighted by molar-refractivity contribution is 0.927. The fourth-order valence-corrected chi connectivity index (χ4v) is 3.28. The topological polar surface area (TPSA) is 6.48 Å². The van der Waals surface area contributed by atoms with Crippen molar-refractivity contribution in [3.05, 3.63) is 22.7 Å². The molecule has 2 heterocycles. The molecule has 0 aliphatic carbocycles. The van der Waals surface area contributed by atoms with E-state index in [1.165, 1.54) is 67.7 Å². The minimum Gasteiger partial charge on any atom is -0.370 e. The molecule has 0 unspecified atom stereocenters. The van der Waals surface area contributed by atoms with E-state index in [0.29, 0.717) is 0 Å². The van der Waals surface area contributed by atoms with Crippen LogP contribution in [0.3, 0.4) is 0 Å². The molecule has 0 N–H and O–H groups in total. The van der Waals surface area contributed by atoms with Crippen LogP contribution >= 0.6 is 15.9 Å². The summed E-state index contributed by atoms with van der Waals surface area (Å²) in [6.07, 6.45) is 5.36. The van der Waals surface area contributed by atoms with Crippen LogP contribution in [0.4, 0.5) is 11.4 Å². The van der Waals surface area contributed by atoms with E-state index < -0.39 is 0 Å². The third-order valence-electron chi connectivity index (χ3n) is 3.83. The van der Waals surface area contributed by atoms with Crippen LogP contribution in [-0.2, 0) is 0 Å². The highest BCUT2D eigenvalue weighted by molar-refractivity contribution is 9.10. The van der Waals surface area contributed by atoms with E-state index in [1.807, 2.05) is 0 Å². The highest BCUT2D eigenvalue weighted by Crippen LogP contribution is 2.35. The quantitative estimate of drug-likeness (QED) is 0.821. The van der Waals surface area contributed by atoms with Gasteiger partial charge in [0.1, 0.15) is 0 Å². The Morgan fingerprint density at radius 1 is 0.765 bits per heavy atom. The lowest BCUT2D eigenvalue weighted by atomic mass is 10.2. The molecular weight excluding hydrogens is 276 g/mol. The normalized spacial score (nSPS) is 20.3. The first-order valence-corrected chi connectivity index (χ1v) is 7.43. The second-order valence-electron chi connectivity index (χ2n) is 5.02. The molecule has 2 saturated heterocycles. The smallest absolute Gasteiger partial charge is 0.0615 e. The largest absolute Gasteiger partial charge is 0.370 e. The van der Waals surface area contributed by atoms with Crippen molar-refractivity contribution in [2.75, 3.05) is 36.0 Å². The Bertz CT molecular complexity index is 393. The molecular formula is C14H19BrN2. The van der Waals surface area contributed by atoms with Crippen molar-refractivity contribution in [1.29, 1.82) is 0 Å². The Hall–Kier alpha value is -0.700. The highest BCUT2D eigenvalue weighted by Gasteiger charge is 2.21. The van der Waals surface area contributed by atoms with Gasteiger partial charge in [-0.2, -0.15) is 0 Å². The van der Waals surface area contributed by atoms with Crippen molar-refractivity contribution >= 4 is 27.3 Å². The summed E-state index contributed by atoms with van der Waals surface area (Å²) in [6, 6.07) is 6.75. The molecule has 0 atom stereocenters. The van der Waals surface area contributed by atoms with Crippen molar-refractivity contribution in [3.8, 4) is 0 Å². The van der Waals surface area contributed by atoms with Crippen LogP contribution in [-0.4, -0.2) is 26.2 Å². The summed E-state index contributed by atoms with van der Waals surface area (Å²) in [4.78, 5) is 5.08. The molecule has 0 bridgehead atoms. The van der Waals surface area contributed by atoms with Gasteiger partial charge in [-0.25, -0.2) is 0 Å². The molecule has 1 aromatic carbocycles. The van der Waals surface area contributed by atoms with Crippen LogP contribution in [0.2, 0.25) is 0 Å². The van der Waals surface area contributed by atoms with Crippen LogP contribution in [0, 0.1) is 0 Å². The molecule has 3 rings (SSSR count). The van der Waals surface area contributed by atoms with Crippen molar-refractivity contribution < 1.29 is 0 Å². The third kappa shape index (κ3) is 2.30. The Balaban J connectivity index is 1.94. The van der Waals surface area contributed by atoms with Gasteiger partial charge in [0.2, 0.25) is 0 Å². The van der Waals surface area contributed by atoms with Crippen LogP contribution in [0.1, 0.15) is 25.7 Å². The first-order chi connectivity index (χ1) is 8.34. The summed E-state index contributed by atoms with van der Waals surface area (Å²) in [5, 5.41) is 0. The summed E-state index contributed by atoms with van der Waals surface area (Å²) >= 11 is 3.61. The molecule has 0 saturated carbocycles. The number of rotatable bonds is 2. The van der Waals surface area contributed by atoms with E-state index >= 15 is 0 Å². The number of hydrogen-bond acceptors (Lipinski definition) is 2. The zero-order chi connectivity index (χ0) is 11.7. The van der Waals surface area contributed by atoms with Gasteiger partial charge in [-0.1, -0.05) is 15.9 Å². The van der Waals surface area contributed by atoms with Gasteiger partial charge in [0.05, 0.1) is 11.4 Å². The lowest BCUT2D eigenvalue weighted by Crippen LogP contribution is -2.24. The number of hydrogen-bond donors (Lipinski definition) is 0. The van der Waals surface area contributed by atoms with Gasteiger partial charge < -0.3 is 9.80 Å². The van der Waals surface area contributed by atoms with Gasteiger partial charge in [-0.05, 0) is 43.9 Å². The minimum absolute atomic E-state index is 1.20. The predicted octanol–water partition coefficient (Wildman–Crippen LogP) is 3.65. The zero-order valence-electron chi connectivity index (χ0n) is 10.2. The SMILES string of the molecule is Brc1ccc(N2CCCC2)c(N2CCCC2)c1. The van der Waals surface area contributed by atoms with E-state index in [0.717, 1.165) is 0 Å². The van der Waals surface area contributed by atoms with E-state index in [9.17, 15) is 0 Å². The molecule has 0 spiro atoms. The standard InChI is InChI=1S/C14H19BrN2/c15-12-5-6-13(16-7-1-2-8-16)14(11-12)17-9-3-4-10-17/h5-6,11H,1-4,7-10H2. The van der Waals surface area contributed by atoms with Gasteiger partial charge in [-0.15, -0.1) is 0 Å². The van der Waals surface area contributed by atoms with Gasteiger partial charge in [-0.3, -0.25) is 0 Å². The number of benzene rings is 1. The van der Waals surface area contributed by atoms with E-state index in [1.54, 1.807) is 0 Å². The Morgan fingerprint density at radius 2 is 1.29 bits per heavy atom. The molecule has 2 aliphatic rings. The maximum Gasteiger partial charge on any atom is 0.0615 e. The van der Waals surface area contributed by atoms with Crippen LogP contribution in [0.15, 0.2) is 22.7 Å². The van der Waals surface area contributed by atoms with Gasteiger partial charge >= 0.3 is 0 Å². The van der Waals surface area contributed by atoms with Crippen molar-refractivity contribution in [1.82, 2.24) is 0 Å². The molecule has 2 nitrogen and oxygen atoms in total. The first kappa shape index (κ1) is 11.4. The maximum atomic E-state index is 3.61. The lowest BCUT2D eigenvalue weighted by Gasteiger charge is -2.27. The summed E-state index contributed by atoms with van der Waals surface area (Å²) < 4.78 is 1.20. The molecule has 1 aromatic rings. The molecule has 0 amide bonds. The number of anilines is 2. The second-order valence-corrected chi connectivity index (χ2v) is 5.94. The van der Waals surface area contributed by atoms with E-state index in [4.69, 9.17) is 0 Å². The first-order valence-electron chi connectivity index (χ1n) is 6.64. The molecule has 0 aromatic heterocycles. The average molecular weight is 295 g/mol. The van der Waals surface area contributed by atoms with Gasteiger partial charge in [0, 0.05) is 30.7 Å². The van der Waals surface area contributed by atoms with Crippen LogP contribution in [0.5, 0.6) is 0 Å². The Labute approximate surface area is 112 Å². The summed E-state index contributed by atoms with van der Waals surface area (Å²) in [5.41, 5.74) is 2.87. The Kier molecular flexibility index (Phi) is 3.28. The molecule has 2 aliphatic heterocycles. The van der Waals surface area contributed by atoms with E-state index in [2.05, 4.69) is 43.9 Å². The third-order valence-corrected chi connectivity index (χ3v) is 4.32. The summed E-state index contributed by atoms with van der Waals surface area (Å²) in [7, 11) is 0. The monoisotopic (exact) mass is 294 g/mol.